The van der Waals surface area contributed by atoms with Crippen molar-refractivity contribution in [1.82, 2.24) is 4.90 Å². The first-order chi connectivity index (χ1) is 8.99. The monoisotopic (exact) mass is 265 g/mol. The maximum absolute atomic E-state index is 13.2. The molecule has 1 aromatic carbocycles. The number of aliphatic carboxylic acids is 1. The fraction of sp³-hybridized carbons (Fsp3) is 0.429. The van der Waals surface area contributed by atoms with Crippen LogP contribution >= 0.6 is 0 Å². The molecule has 1 fully saturated rings. The van der Waals surface area contributed by atoms with E-state index in [2.05, 4.69) is 0 Å². The lowest BCUT2D eigenvalue weighted by Crippen LogP contribution is -2.55. The second kappa shape index (κ2) is 5.38. The average molecular weight is 265 g/mol. The second-order valence-electron chi connectivity index (χ2n) is 4.90. The Labute approximate surface area is 110 Å². The summed E-state index contributed by atoms with van der Waals surface area (Å²) in [6.07, 6.45) is -1.59. The Morgan fingerprint density at radius 2 is 2.05 bits per heavy atom. The number of halogens is 1. The number of carbonyl (C=O) groups excluding carboxylic acids is 1. The highest BCUT2D eigenvalue weighted by atomic mass is 19.1. The molecule has 0 radical (unpaired) electrons. The summed E-state index contributed by atoms with van der Waals surface area (Å²) in [6, 6.07) is 7.60. The van der Waals surface area contributed by atoms with E-state index in [0.29, 0.717) is 0 Å². The molecule has 0 aromatic heterocycles. The molecule has 1 atom stereocenters. The molecule has 1 amide bonds. The Balaban J connectivity index is 1.87. The van der Waals surface area contributed by atoms with Crippen molar-refractivity contribution in [3.63, 3.8) is 0 Å². The number of carboxylic acid groups (broad SMARTS) is 1. The van der Waals surface area contributed by atoms with E-state index in [4.69, 9.17) is 5.11 Å². The van der Waals surface area contributed by atoms with Crippen LogP contribution in [0.1, 0.15) is 11.1 Å². The molecule has 1 aromatic rings. The topological polar surface area (TPSA) is 57.6 Å². The van der Waals surface area contributed by atoms with Crippen molar-refractivity contribution < 1.29 is 19.1 Å². The lowest BCUT2D eigenvalue weighted by atomic mass is 9.93. The first kappa shape index (κ1) is 13.5. The molecule has 1 heterocycles. The fourth-order valence-electron chi connectivity index (χ4n) is 2.19. The van der Waals surface area contributed by atoms with E-state index >= 15 is 0 Å². The smallest absolute Gasteiger partial charge is 0.338 e. The van der Waals surface area contributed by atoms with Gasteiger partial charge in [0.25, 0.3) is 0 Å². The van der Waals surface area contributed by atoms with Crippen LogP contribution < -0.4 is 0 Å². The zero-order valence-corrected chi connectivity index (χ0v) is 10.7. The molecule has 5 heteroatoms. The molecular formula is C14H16FNO3. The quantitative estimate of drug-likeness (QED) is 0.895. The van der Waals surface area contributed by atoms with Crippen LogP contribution in [0.15, 0.2) is 24.3 Å². The van der Waals surface area contributed by atoms with Crippen LogP contribution in [0.2, 0.25) is 0 Å². The number of benzene rings is 1. The van der Waals surface area contributed by atoms with E-state index in [0.717, 1.165) is 11.1 Å². The largest absolute Gasteiger partial charge is 0.479 e. The molecule has 0 unspecified atom stereocenters. The van der Waals surface area contributed by atoms with E-state index in [-0.39, 0.29) is 25.4 Å². The number of carbonyl (C=O) groups is 2. The van der Waals surface area contributed by atoms with Gasteiger partial charge in [0, 0.05) is 19.0 Å². The molecule has 1 aliphatic rings. The molecule has 0 bridgehead atoms. The Kier molecular flexibility index (Phi) is 3.83. The Morgan fingerprint density at radius 1 is 1.42 bits per heavy atom. The van der Waals surface area contributed by atoms with Crippen LogP contribution in [-0.4, -0.2) is 41.1 Å². The first-order valence-electron chi connectivity index (χ1n) is 6.18. The van der Waals surface area contributed by atoms with Gasteiger partial charge in [0.15, 0.2) is 0 Å². The maximum Gasteiger partial charge on any atom is 0.338 e. The van der Waals surface area contributed by atoms with E-state index in [9.17, 15) is 14.0 Å². The van der Waals surface area contributed by atoms with E-state index in [1.807, 2.05) is 31.2 Å². The summed E-state index contributed by atoms with van der Waals surface area (Å²) in [7, 11) is 0. The SMILES string of the molecule is Cc1ccccc1CC(=O)N1CC([C@H](F)C(=O)O)C1. The molecule has 4 nitrogen and oxygen atoms in total. The lowest BCUT2D eigenvalue weighted by Gasteiger charge is -2.39. The van der Waals surface area contributed by atoms with Gasteiger partial charge in [0.05, 0.1) is 6.42 Å². The number of hydrogen-bond donors (Lipinski definition) is 1. The van der Waals surface area contributed by atoms with Crippen LogP contribution in [0.25, 0.3) is 0 Å². The van der Waals surface area contributed by atoms with Gasteiger partial charge in [-0.05, 0) is 18.1 Å². The minimum Gasteiger partial charge on any atom is -0.479 e. The summed E-state index contributed by atoms with van der Waals surface area (Å²) in [4.78, 5) is 23.9. The van der Waals surface area contributed by atoms with Gasteiger partial charge in [-0.2, -0.15) is 0 Å². The predicted octanol–water partition coefficient (Wildman–Crippen LogP) is 1.42. The zero-order valence-electron chi connectivity index (χ0n) is 10.7. The van der Waals surface area contributed by atoms with Gasteiger partial charge in [-0.15, -0.1) is 0 Å². The van der Waals surface area contributed by atoms with Gasteiger partial charge in [0.1, 0.15) is 0 Å². The highest BCUT2D eigenvalue weighted by Gasteiger charge is 2.39. The normalized spacial score (nSPS) is 16.8. The second-order valence-corrected chi connectivity index (χ2v) is 4.90. The van der Waals surface area contributed by atoms with Crippen molar-refractivity contribution in [2.45, 2.75) is 19.5 Å². The first-order valence-corrected chi connectivity index (χ1v) is 6.18. The highest BCUT2D eigenvalue weighted by molar-refractivity contribution is 5.80. The molecule has 1 aliphatic heterocycles. The van der Waals surface area contributed by atoms with Crippen molar-refractivity contribution in [3.8, 4) is 0 Å². The van der Waals surface area contributed by atoms with E-state index < -0.39 is 18.1 Å². The van der Waals surface area contributed by atoms with Crippen molar-refractivity contribution in [1.29, 1.82) is 0 Å². The van der Waals surface area contributed by atoms with Gasteiger partial charge in [-0.25, -0.2) is 9.18 Å². The van der Waals surface area contributed by atoms with Crippen molar-refractivity contribution >= 4 is 11.9 Å². The molecule has 1 N–H and O–H groups in total. The third-order valence-electron chi connectivity index (χ3n) is 3.52. The summed E-state index contributed by atoms with van der Waals surface area (Å²) < 4.78 is 13.2. The Bertz CT molecular complexity index is 497. The number of carboxylic acids is 1. The molecule has 0 spiro atoms. The number of nitrogens with zero attached hydrogens (tertiary/aromatic N) is 1. The summed E-state index contributed by atoms with van der Waals surface area (Å²) in [5.74, 6) is -2.10. The summed E-state index contributed by atoms with van der Waals surface area (Å²) >= 11 is 0. The van der Waals surface area contributed by atoms with Crippen molar-refractivity contribution in [2.24, 2.45) is 5.92 Å². The van der Waals surface area contributed by atoms with Gasteiger partial charge in [-0.1, -0.05) is 24.3 Å². The van der Waals surface area contributed by atoms with Gasteiger partial charge in [-0.3, -0.25) is 4.79 Å². The zero-order chi connectivity index (χ0) is 14.0. The maximum atomic E-state index is 13.2. The number of amides is 1. The number of aryl methyl sites for hydroxylation is 1. The summed E-state index contributed by atoms with van der Waals surface area (Å²) in [5.41, 5.74) is 1.99. The minimum atomic E-state index is -1.87. The third-order valence-corrected chi connectivity index (χ3v) is 3.52. The van der Waals surface area contributed by atoms with Crippen LogP contribution in [0.3, 0.4) is 0 Å². The Hall–Kier alpha value is -1.91. The third kappa shape index (κ3) is 2.92. The van der Waals surface area contributed by atoms with Gasteiger partial charge in [0.2, 0.25) is 12.1 Å². The molecule has 2 rings (SSSR count). The van der Waals surface area contributed by atoms with Gasteiger partial charge < -0.3 is 10.0 Å². The highest BCUT2D eigenvalue weighted by Crippen LogP contribution is 2.23. The minimum absolute atomic E-state index is 0.0804. The molecule has 19 heavy (non-hydrogen) atoms. The standard InChI is InChI=1S/C14H16FNO3/c1-9-4-2-3-5-10(9)6-12(17)16-7-11(8-16)13(15)14(18)19/h2-5,11,13H,6-8H2,1H3,(H,18,19)/t13-/m0/s1. The average Bonchev–Trinajstić information content (AvgIpc) is 2.30. The van der Waals surface area contributed by atoms with Crippen LogP contribution in [0.4, 0.5) is 4.39 Å². The number of likely N-dealkylation sites (tertiary alicyclic amines) is 1. The molecule has 0 aliphatic carbocycles. The van der Waals surface area contributed by atoms with Crippen LogP contribution in [0, 0.1) is 12.8 Å². The van der Waals surface area contributed by atoms with E-state index in [1.54, 1.807) is 0 Å². The fourth-order valence-corrected chi connectivity index (χ4v) is 2.19. The predicted molar refractivity (Wildman–Crippen MR) is 67.5 cm³/mol. The lowest BCUT2D eigenvalue weighted by molar-refractivity contribution is -0.152. The number of alkyl halides is 1. The van der Waals surface area contributed by atoms with Crippen LogP contribution in [-0.2, 0) is 16.0 Å². The van der Waals surface area contributed by atoms with Crippen molar-refractivity contribution in [2.75, 3.05) is 13.1 Å². The van der Waals surface area contributed by atoms with Crippen molar-refractivity contribution in [3.05, 3.63) is 35.4 Å². The summed E-state index contributed by atoms with van der Waals surface area (Å²) in [5, 5.41) is 8.54. The van der Waals surface area contributed by atoms with Gasteiger partial charge >= 0.3 is 5.97 Å². The molecule has 0 saturated carbocycles. The number of hydrogen-bond acceptors (Lipinski definition) is 2. The Morgan fingerprint density at radius 3 is 2.63 bits per heavy atom. The number of rotatable bonds is 4. The van der Waals surface area contributed by atoms with E-state index in [1.165, 1.54) is 4.90 Å². The molecular weight excluding hydrogens is 249 g/mol. The summed E-state index contributed by atoms with van der Waals surface area (Å²) in [6.45, 7) is 2.32. The van der Waals surface area contributed by atoms with Crippen LogP contribution in [0.5, 0.6) is 0 Å². The molecule has 102 valence electrons. The molecule has 1 saturated heterocycles.